The van der Waals surface area contributed by atoms with Crippen LogP contribution in [0.4, 0.5) is 5.82 Å². The Morgan fingerprint density at radius 2 is 2.23 bits per heavy atom. The lowest BCUT2D eigenvalue weighted by molar-refractivity contribution is 0.597. The summed E-state index contributed by atoms with van der Waals surface area (Å²) in [7, 11) is -3.55. The highest BCUT2D eigenvalue weighted by molar-refractivity contribution is 9.10. The lowest BCUT2D eigenvalue weighted by Gasteiger charge is -2.10. The molecule has 13 heavy (non-hydrogen) atoms. The van der Waals surface area contributed by atoms with Gasteiger partial charge in [-0.25, -0.2) is 4.98 Å². The van der Waals surface area contributed by atoms with Gasteiger partial charge in [-0.15, -0.1) is 4.40 Å². The van der Waals surface area contributed by atoms with Gasteiger partial charge in [0.25, 0.3) is 10.0 Å². The summed E-state index contributed by atoms with van der Waals surface area (Å²) in [6, 6.07) is 1.46. The largest absolute Gasteiger partial charge is 0.329 e. The summed E-state index contributed by atoms with van der Waals surface area (Å²) in [6.07, 6.45) is 2.62. The predicted octanol–water partition coefficient (Wildman–Crippen LogP) is 0.987. The van der Waals surface area contributed by atoms with E-state index in [2.05, 4.69) is 30.6 Å². The zero-order valence-corrected chi connectivity index (χ0v) is 8.63. The van der Waals surface area contributed by atoms with Crippen LogP contribution in [0.1, 0.15) is 0 Å². The number of fused-ring (bicyclic) bond motifs is 1. The van der Waals surface area contributed by atoms with E-state index in [0.717, 1.165) is 6.34 Å². The topological polar surface area (TPSA) is 71.4 Å². The van der Waals surface area contributed by atoms with Gasteiger partial charge in [-0.05, 0) is 22.0 Å². The number of nitrogens with one attached hydrogen (secondary N) is 1. The first-order chi connectivity index (χ1) is 6.09. The Hall–Kier alpha value is -0.950. The summed E-state index contributed by atoms with van der Waals surface area (Å²) in [5.74, 6) is 0.304. The highest BCUT2D eigenvalue weighted by Gasteiger charge is 2.21. The van der Waals surface area contributed by atoms with Crippen molar-refractivity contribution in [1.29, 1.82) is 0 Å². The van der Waals surface area contributed by atoms with E-state index in [0.29, 0.717) is 10.3 Å². The molecule has 1 N–H and O–H groups in total. The molecule has 0 aliphatic carbocycles. The van der Waals surface area contributed by atoms with Gasteiger partial charge in [0.05, 0.1) is 0 Å². The number of sulfonamides is 1. The summed E-state index contributed by atoms with van der Waals surface area (Å²) in [5.41, 5.74) is 0. The number of nitrogens with zero attached hydrogens (tertiary/aromatic N) is 2. The Morgan fingerprint density at radius 1 is 1.46 bits per heavy atom. The van der Waals surface area contributed by atoms with E-state index in [4.69, 9.17) is 0 Å². The molecule has 68 valence electrons. The molecule has 0 saturated carbocycles. The molecule has 5 nitrogen and oxygen atoms in total. The van der Waals surface area contributed by atoms with Crippen molar-refractivity contribution in [1.82, 2.24) is 4.98 Å². The first-order valence-corrected chi connectivity index (χ1v) is 5.54. The summed E-state index contributed by atoms with van der Waals surface area (Å²) in [6.45, 7) is 0. The molecule has 1 aromatic heterocycles. The van der Waals surface area contributed by atoms with Crippen molar-refractivity contribution in [3.8, 4) is 0 Å². The van der Waals surface area contributed by atoms with Gasteiger partial charge in [0.1, 0.15) is 11.2 Å². The van der Waals surface area contributed by atoms with E-state index >= 15 is 0 Å². The molecule has 0 saturated heterocycles. The van der Waals surface area contributed by atoms with E-state index in [1.165, 1.54) is 12.3 Å². The van der Waals surface area contributed by atoms with Crippen LogP contribution in [0.25, 0.3) is 0 Å². The lowest BCUT2D eigenvalue weighted by Crippen LogP contribution is -2.12. The Labute approximate surface area is 83.1 Å². The molecular weight excluding hydrogens is 258 g/mol. The second-order valence-corrected chi connectivity index (χ2v) is 4.87. The van der Waals surface area contributed by atoms with Gasteiger partial charge in [-0.2, -0.15) is 8.42 Å². The Bertz CT molecular complexity index is 483. The molecular formula is C6H4BrN3O2S. The minimum absolute atomic E-state index is 0.0874. The molecule has 1 aliphatic heterocycles. The van der Waals surface area contributed by atoms with Crippen LogP contribution in [0.5, 0.6) is 0 Å². The molecule has 0 radical (unpaired) electrons. The fourth-order valence-corrected chi connectivity index (χ4v) is 2.36. The standard InChI is InChI=1S/C6H4BrN3O2S/c7-4-1-5-6(8-2-4)9-3-10-13(5,11)12/h1-3H,(H,8,9,10). The van der Waals surface area contributed by atoms with Gasteiger partial charge >= 0.3 is 0 Å². The number of anilines is 1. The van der Waals surface area contributed by atoms with Gasteiger partial charge < -0.3 is 5.32 Å². The average molecular weight is 262 g/mol. The monoisotopic (exact) mass is 261 g/mol. The Kier molecular flexibility index (Phi) is 1.85. The minimum Gasteiger partial charge on any atom is -0.329 e. The van der Waals surface area contributed by atoms with E-state index in [9.17, 15) is 8.42 Å². The fourth-order valence-electron chi connectivity index (χ4n) is 0.939. The zero-order chi connectivity index (χ0) is 9.47. The van der Waals surface area contributed by atoms with Crippen LogP contribution in [0.2, 0.25) is 0 Å². The summed E-state index contributed by atoms with van der Waals surface area (Å²) in [5, 5.41) is 2.64. The number of rotatable bonds is 0. The van der Waals surface area contributed by atoms with Gasteiger partial charge in [0.2, 0.25) is 0 Å². The van der Waals surface area contributed by atoms with Crippen LogP contribution in [0, 0.1) is 0 Å². The average Bonchev–Trinajstić information content (AvgIpc) is 2.06. The van der Waals surface area contributed by atoms with Crippen molar-refractivity contribution in [2.75, 3.05) is 5.32 Å². The first kappa shape index (κ1) is 8.64. The number of aromatic nitrogens is 1. The second-order valence-electron chi connectivity index (χ2n) is 2.35. The van der Waals surface area contributed by atoms with Crippen LogP contribution in [0.15, 0.2) is 26.0 Å². The number of pyridine rings is 1. The van der Waals surface area contributed by atoms with Crippen molar-refractivity contribution < 1.29 is 8.42 Å². The molecule has 0 spiro atoms. The normalized spacial score (nSPS) is 17.6. The first-order valence-electron chi connectivity index (χ1n) is 3.30. The van der Waals surface area contributed by atoms with Crippen molar-refractivity contribution in [3.05, 3.63) is 16.7 Å². The zero-order valence-electron chi connectivity index (χ0n) is 6.23. The van der Waals surface area contributed by atoms with Crippen LogP contribution in [-0.4, -0.2) is 19.7 Å². The maximum absolute atomic E-state index is 11.3. The molecule has 0 fully saturated rings. The van der Waals surface area contributed by atoms with Gasteiger partial charge in [0, 0.05) is 10.7 Å². The van der Waals surface area contributed by atoms with Crippen molar-refractivity contribution >= 4 is 38.1 Å². The molecule has 0 atom stereocenters. The molecule has 1 aliphatic rings. The van der Waals surface area contributed by atoms with E-state index in [-0.39, 0.29) is 4.90 Å². The third kappa shape index (κ3) is 1.44. The van der Waals surface area contributed by atoms with Crippen molar-refractivity contribution in [2.24, 2.45) is 4.40 Å². The van der Waals surface area contributed by atoms with Crippen LogP contribution >= 0.6 is 15.9 Å². The smallest absolute Gasteiger partial charge is 0.287 e. The Balaban J connectivity index is 2.74. The molecule has 0 bridgehead atoms. The maximum Gasteiger partial charge on any atom is 0.287 e. The number of halogens is 1. The predicted molar refractivity (Wildman–Crippen MR) is 51.2 cm³/mol. The van der Waals surface area contributed by atoms with Crippen molar-refractivity contribution in [2.45, 2.75) is 4.90 Å². The van der Waals surface area contributed by atoms with E-state index < -0.39 is 10.0 Å². The quantitative estimate of drug-likeness (QED) is 0.756. The number of hydrogen-bond donors (Lipinski definition) is 1. The molecule has 7 heteroatoms. The highest BCUT2D eigenvalue weighted by atomic mass is 79.9. The maximum atomic E-state index is 11.3. The Morgan fingerprint density at radius 3 is 3.00 bits per heavy atom. The molecule has 1 aromatic rings. The SMILES string of the molecule is O=S1(=O)N=CNc2ncc(Br)cc21. The molecule has 2 heterocycles. The van der Waals surface area contributed by atoms with Crippen LogP contribution in [-0.2, 0) is 10.0 Å². The molecule has 0 aromatic carbocycles. The van der Waals surface area contributed by atoms with Gasteiger partial charge in [-0.3, -0.25) is 0 Å². The third-order valence-corrected chi connectivity index (χ3v) is 3.17. The van der Waals surface area contributed by atoms with E-state index in [1.807, 2.05) is 0 Å². The van der Waals surface area contributed by atoms with E-state index in [1.54, 1.807) is 0 Å². The number of hydrogen-bond acceptors (Lipinski definition) is 4. The van der Waals surface area contributed by atoms with Gasteiger partial charge in [-0.1, -0.05) is 0 Å². The molecule has 2 rings (SSSR count). The van der Waals surface area contributed by atoms with Crippen LogP contribution in [0.3, 0.4) is 0 Å². The lowest BCUT2D eigenvalue weighted by atomic mass is 10.4. The van der Waals surface area contributed by atoms with Crippen molar-refractivity contribution in [3.63, 3.8) is 0 Å². The molecule has 0 unspecified atom stereocenters. The van der Waals surface area contributed by atoms with Crippen LogP contribution < -0.4 is 5.32 Å². The highest BCUT2D eigenvalue weighted by Crippen LogP contribution is 2.25. The summed E-state index contributed by atoms with van der Waals surface area (Å²) in [4.78, 5) is 3.97. The fraction of sp³-hybridized carbons (Fsp3) is 0. The second kappa shape index (κ2) is 2.78. The van der Waals surface area contributed by atoms with Gasteiger partial charge in [0.15, 0.2) is 5.82 Å². The molecule has 0 amide bonds. The minimum atomic E-state index is -3.55. The summed E-state index contributed by atoms with van der Waals surface area (Å²) < 4.78 is 26.6. The third-order valence-electron chi connectivity index (χ3n) is 1.49. The summed E-state index contributed by atoms with van der Waals surface area (Å²) >= 11 is 3.14.